The molecule has 0 saturated heterocycles. The third-order valence-corrected chi connectivity index (χ3v) is 6.38. The summed E-state index contributed by atoms with van der Waals surface area (Å²) >= 11 is 12.5. The van der Waals surface area contributed by atoms with Crippen molar-refractivity contribution in [3.63, 3.8) is 0 Å². The fourth-order valence-corrected chi connectivity index (χ4v) is 4.40. The zero-order valence-corrected chi connectivity index (χ0v) is 18.3. The number of nitrogens with one attached hydrogen (secondary N) is 1. The number of carbonyl (C=O) groups excluding carboxylic acids is 1. The monoisotopic (exact) mass is 447 g/mol. The number of aromatic amines is 1. The fraction of sp³-hybridized carbons (Fsp3) is 0.120. The Morgan fingerprint density at radius 1 is 0.968 bits per heavy atom. The van der Waals surface area contributed by atoms with E-state index in [1.165, 1.54) is 5.56 Å². The standard InChI is InChI=1S/C25H19Cl2N3O/c1-15-7-9-16(10-8-15)14-30-24(18-11-12-19(26)20(27)13-18)21-22(17-5-3-2-4-6-17)28-29-23(21)25(30)31/h2-13,24H,14H2,1H3,(H,28,29). The quantitative estimate of drug-likeness (QED) is 0.391. The van der Waals surface area contributed by atoms with Crippen LogP contribution in [0.25, 0.3) is 11.3 Å². The Bertz CT molecular complexity index is 1270. The number of halogens is 2. The molecule has 1 aromatic heterocycles. The van der Waals surface area contributed by atoms with Crippen LogP contribution in [-0.2, 0) is 6.54 Å². The van der Waals surface area contributed by atoms with Crippen LogP contribution in [-0.4, -0.2) is 21.0 Å². The second-order valence-corrected chi connectivity index (χ2v) is 8.54. The van der Waals surface area contributed by atoms with Crippen LogP contribution < -0.4 is 0 Å². The SMILES string of the molecule is Cc1ccc(CN2C(=O)c3[nH]nc(-c4ccccc4)c3C2c2ccc(Cl)c(Cl)c2)cc1. The summed E-state index contributed by atoms with van der Waals surface area (Å²) in [5, 5.41) is 8.42. The molecule has 1 N–H and O–H groups in total. The number of aryl methyl sites for hydroxylation is 1. The molecule has 5 rings (SSSR count). The first-order chi connectivity index (χ1) is 15.0. The van der Waals surface area contributed by atoms with Gasteiger partial charge in [0.25, 0.3) is 5.91 Å². The van der Waals surface area contributed by atoms with Gasteiger partial charge in [0.05, 0.1) is 21.8 Å². The fourth-order valence-electron chi connectivity index (χ4n) is 4.10. The number of hydrogen-bond donors (Lipinski definition) is 1. The topological polar surface area (TPSA) is 49.0 Å². The van der Waals surface area contributed by atoms with Crippen molar-refractivity contribution in [1.82, 2.24) is 15.1 Å². The maximum Gasteiger partial charge on any atom is 0.273 e. The second kappa shape index (κ2) is 7.88. The van der Waals surface area contributed by atoms with E-state index in [-0.39, 0.29) is 11.9 Å². The Hall–Kier alpha value is -3.08. The number of aromatic nitrogens is 2. The minimum atomic E-state index is -0.326. The van der Waals surface area contributed by atoms with Crippen LogP contribution in [0.2, 0.25) is 10.0 Å². The van der Waals surface area contributed by atoms with Gasteiger partial charge in [-0.2, -0.15) is 5.10 Å². The highest BCUT2D eigenvalue weighted by Gasteiger charge is 2.42. The molecule has 0 saturated carbocycles. The molecule has 0 spiro atoms. The Balaban J connectivity index is 1.65. The molecule has 1 amide bonds. The van der Waals surface area contributed by atoms with Crippen molar-refractivity contribution >= 4 is 29.1 Å². The minimum absolute atomic E-state index is 0.0821. The van der Waals surface area contributed by atoms with Crippen molar-refractivity contribution in [2.45, 2.75) is 19.5 Å². The molecule has 4 nitrogen and oxygen atoms in total. The van der Waals surface area contributed by atoms with Gasteiger partial charge < -0.3 is 4.90 Å². The maximum atomic E-state index is 13.4. The van der Waals surface area contributed by atoms with Gasteiger partial charge in [-0.1, -0.05) is 89.4 Å². The van der Waals surface area contributed by atoms with Crippen LogP contribution in [0.4, 0.5) is 0 Å². The molecule has 6 heteroatoms. The number of rotatable bonds is 4. The summed E-state index contributed by atoms with van der Waals surface area (Å²) in [6.07, 6.45) is 0. The van der Waals surface area contributed by atoms with E-state index in [2.05, 4.69) is 34.5 Å². The molecule has 0 fully saturated rings. The number of H-pyrrole nitrogens is 1. The van der Waals surface area contributed by atoms with E-state index in [0.717, 1.165) is 27.9 Å². The first-order valence-electron chi connectivity index (χ1n) is 9.98. The van der Waals surface area contributed by atoms with E-state index in [1.807, 2.05) is 54.3 Å². The molecule has 4 aromatic rings. The third-order valence-electron chi connectivity index (χ3n) is 5.64. The summed E-state index contributed by atoms with van der Waals surface area (Å²) in [5.74, 6) is -0.0821. The highest BCUT2D eigenvalue weighted by molar-refractivity contribution is 6.42. The molecule has 1 unspecified atom stereocenters. The maximum absolute atomic E-state index is 13.4. The van der Waals surface area contributed by atoms with Gasteiger partial charge in [0.2, 0.25) is 0 Å². The highest BCUT2D eigenvalue weighted by Crippen LogP contribution is 2.44. The van der Waals surface area contributed by atoms with E-state index >= 15 is 0 Å². The lowest BCUT2D eigenvalue weighted by Crippen LogP contribution is -2.29. The van der Waals surface area contributed by atoms with Crippen LogP contribution in [0.15, 0.2) is 72.8 Å². The zero-order valence-electron chi connectivity index (χ0n) is 16.8. The van der Waals surface area contributed by atoms with Gasteiger partial charge in [0.15, 0.2) is 0 Å². The van der Waals surface area contributed by atoms with Crippen LogP contribution >= 0.6 is 23.2 Å². The summed E-state index contributed by atoms with van der Waals surface area (Å²) in [5.41, 5.74) is 6.24. The molecular formula is C25H19Cl2N3O. The average Bonchev–Trinajstić information content (AvgIpc) is 3.32. The van der Waals surface area contributed by atoms with E-state index in [9.17, 15) is 4.79 Å². The Morgan fingerprint density at radius 2 is 1.71 bits per heavy atom. The summed E-state index contributed by atoms with van der Waals surface area (Å²) in [6, 6.07) is 23.3. The first-order valence-corrected chi connectivity index (χ1v) is 10.7. The lowest BCUT2D eigenvalue weighted by molar-refractivity contribution is 0.0730. The van der Waals surface area contributed by atoms with Crippen LogP contribution in [0.1, 0.15) is 38.8 Å². The van der Waals surface area contributed by atoms with Crippen LogP contribution in [0, 0.1) is 6.92 Å². The Morgan fingerprint density at radius 3 is 2.42 bits per heavy atom. The van der Waals surface area contributed by atoms with Crippen molar-refractivity contribution in [3.8, 4) is 11.3 Å². The molecule has 1 aliphatic rings. The number of carbonyl (C=O) groups is 1. The van der Waals surface area contributed by atoms with E-state index in [1.54, 1.807) is 6.07 Å². The van der Waals surface area contributed by atoms with Gasteiger partial charge in [-0.25, -0.2) is 0 Å². The van der Waals surface area contributed by atoms with Crippen molar-refractivity contribution in [2.75, 3.05) is 0 Å². The number of fused-ring (bicyclic) bond motifs is 1. The smallest absolute Gasteiger partial charge is 0.273 e. The van der Waals surface area contributed by atoms with Crippen LogP contribution in [0.3, 0.4) is 0 Å². The summed E-state index contributed by atoms with van der Waals surface area (Å²) in [7, 11) is 0. The predicted molar refractivity (Wildman–Crippen MR) is 123 cm³/mol. The van der Waals surface area contributed by atoms with Gasteiger partial charge in [-0.05, 0) is 30.2 Å². The minimum Gasteiger partial charge on any atom is -0.322 e. The molecule has 2 heterocycles. The van der Waals surface area contributed by atoms with Gasteiger partial charge >= 0.3 is 0 Å². The van der Waals surface area contributed by atoms with Crippen LogP contribution in [0.5, 0.6) is 0 Å². The lowest BCUT2D eigenvalue weighted by Gasteiger charge is -2.27. The summed E-state index contributed by atoms with van der Waals surface area (Å²) in [4.78, 5) is 15.3. The molecule has 0 bridgehead atoms. The first kappa shape index (κ1) is 19.9. The Labute approximate surface area is 190 Å². The summed E-state index contributed by atoms with van der Waals surface area (Å²) < 4.78 is 0. The van der Waals surface area contributed by atoms with Gasteiger partial charge in [-0.15, -0.1) is 0 Å². The van der Waals surface area contributed by atoms with E-state index in [0.29, 0.717) is 22.3 Å². The van der Waals surface area contributed by atoms with Gasteiger partial charge in [0, 0.05) is 17.7 Å². The number of benzene rings is 3. The van der Waals surface area contributed by atoms with E-state index in [4.69, 9.17) is 23.2 Å². The molecular weight excluding hydrogens is 429 g/mol. The lowest BCUT2D eigenvalue weighted by atomic mass is 9.96. The Kier molecular flexibility index (Phi) is 5.05. The molecule has 154 valence electrons. The van der Waals surface area contributed by atoms with Crippen molar-refractivity contribution in [3.05, 3.63) is 111 Å². The molecule has 1 aliphatic heterocycles. The average molecular weight is 448 g/mol. The summed E-state index contributed by atoms with van der Waals surface area (Å²) in [6.45, 7) is 2.52. The zero-order chi connectivity index (χ0) is 21.5. The molecule has 3 aromatic carbocycles. The number of amides is 1. The second-order valence-electron chi connectivity index (χ2n) is 7.72. The molecule has 0 radical (unpaired) electrons. The normalized spacial score (nSPS) is 15.4. The van der Waals surface area contributed by atoms with E-state index < -0.39 is 0 Å². The highest BCUT2D eigenvalue weighted by atomic mass is 35.5. The van der Waals surface area contributed by atoms with Crippen molar-refractivity contribution in [1.29, 1.82) is 0 Å². The number of nitrogens with zero attached hydrogens (tertiary/aromatic N) is 2. The molecule has 31 heavy (non-hydrogen) atoms. The largest absolute Gasteiger partial charge is 0.322 e. The molecule has 1 atom stereocenters. The van der Waals surface area contributed by atoms with Crippen molar-refractivity contribution < 1.29 is 4.79 Å². The number of hydrogen-bond acceptors (Lipinski definition) is 2. The van der Waals surface area contributed by atoms with Crippen molar-refractivity contribution in [2.24, 2.45) is 0 Å². The third kappa shape index (κ3) is 3.52. The predicted octanol–water partition coefficient (Wildman–Crippen LogP) is 6.44. The van der Waals surface area contributed by atoms with Gasteiger partial charge in [0.1, 0.15) is 5.69 Å². The molecule has 0 aliphatic carbocycles. The van der Waals surface area contributed by atoms with Gasteiger partial charge in [-0.3, -0.25) is 9.89 Å².